The summed E-state index contributed by atoms with van der Waals surface area (Å²) >= 11 is 0. The summed E-state index contributed by atoms with van der Waals surface area (Å²) in [7, 11) is 0. The average Bonchev–Trinajstić information content (AvgIpc) is 2.31. The molecule has 0 N–H and O–H groups in total. The first-order valence-corrected chi connectivity index (χ1v) is 6.07. The van der Waals surface area contributed by atoms with Crippen LogP contribution in [0.25, 0.3) is 0 Å². The first-order chi connectivity index (χ1) is 7.75. The lowest BCUT2D eigenvalue weighted by Gasteiger charge is -2.20. The number of hydrogen-bond donors (Lipinski definition) is 0. The number of nitrogens with zero attached hydrogens (tertiary/aromatic N) is 2. The van der Waals surface area contributed by atoms with Gasteiger partial charge >= 0.3 is 0 Å². The van der Waals surface area contributed by atoms with Crippen LogP contribution < -0.4 is 0 Å². The van der Waals surface area contributed by atoms with Gasteiger partial charge in [0.05, 0.1) is 11.9 Å². The summed E-state index contributed by atoms with van der Waals surface area (Å²) in [6, 6.07) is 0. The molecular weight excluding hydrogens is 200 g/mol. The van der Waals surface area contributed by atoms with Crippen LogP contribution >= 0.6 is 0 Å². The van der Waals surface area contributed by atoms with Gasteiger partial charge < -0.3 is 0 Å². The Morgan fingerprint density at radius 3 is 2.62 bits per heavy atom. The van der Waals surface area contributed by atoms with Crippen molar-refractivity contribution in [3.63, 3.8) is 0 Å². The monoisotopic (exact) mass is 218 g/mol. The second-order valence-corrected chi connectivity index (χ2v) is 4.67. The molecule has 1 aromatic heterocycles. The predicted octanol–water partition coefficient (Wildman–Crippen LogP) is 2.94. The van der Waals surface area contributed by atoms with Crippen LogP contribution in [-0.4, -0.2) is 15.8 Å². The van der Waals surface area contributed by atoms with E-state index in [1.807, 2.05) is 6.92 Å². The molecule has 3 heteroatoms. The lowest BCUT2D eigenvalue weighted by atomic mass is 9.85. The van der Waals surface area contributed by atoms with Crippen molar-refractivity contribution in [3.05, 3.63) is 23.8 Å². The van der Waals surface area contributed by atoms with Crippen molar-refractivity contribution < 1.29 is 4.79 Å². The number of aryl methyl sites for hydroxylation is 1. The number of hydrogen-bond acceptors (Lipinski definition) is 3. The number of ketones is 1. The molecule has 0 radical (unpaired) electrons. The summed E-state index contributed by atoms with van der Waals surface area (Å²) in [6.07, 6.45) is 10.2. The largest absolute Gasteiger partial charge is 0.292 e. The maximum absolute atomic E-state index is 11.9. The third-order valence-corrected chi connectivity index (χ3v) is 3.27. The molecule has 0 unspecified atom stereocenters. The fourth-order valence-electron chi connectivity index (χ4n) is 2.29. The van der Waals surface area contributed by atoms with E-state index in [1.165, 1.54) is 32.1 Å². The van der Waals surface area contributed by atoms with Gasteiger partial charge in [-0.05, 0) is 12.8 Å². The number of carbonyl (C=O) groups excluding carboxylic acids is 1. The standard InChI is InChI=1S/C13H18N2O/c1-10-8-15-12(9-14-10)13(16)7-11-5-3-2-4-6-11/h8-9,11H,2-7H2,1H3. The molecule has 0 bridgehead atoms. The summed E-state index contributed by atoms with van der Waals surface area (Å²) < 4.78 is 0. The van der Waals surface area contributed by atoms with Gasteiger partial charge in [0.2, 0.25) is 0 Å². The van der Waals surface area contributed by atoms with Gasteiger partial charge in [0.1, 0.15) is 5.69 Å². The van der Waals surface area contributed by atoms with Gasteiger partial charge in [-0.2, -0.15) is 0 Å². The quantitative estimate of drug-likeness (QED) is 0.732. The van der Waals surface area contributed by atoms with Crippen molar-refractivity contribution in [1.29, 1.82) is 0 Å². The van der Waals surface area contributed by atoms with Crippen LogP contribution in [0.2, 0.25) is 0 Å². The summed E-state index contributed by atoms with van der Waals surface area (Å²) in [5.74, 6) is 0.726. The van der Waals surface area contributed by atoms with Gasteiger partial charge in [-0.3, -0.25) is 9.78 Å². The third kappa shape index (κ3) is 2.87. The van der Waals surface area contributed by atoms with E-state index in [0.29, 0.717) is 18.0 Å². The first-order valence-electron chi connectivity index (χ1n) is 6.07. The summed E-state index contributed by atoms with van der Waals surface area (Å²) in [5.41, 5.74) is 1.38. The number of aromatic nitrogens is 2. The van der Waals surface area contributed by atoms with Crippen LogP contribution in [0.15, 0.2) is 12.4 Å². The SMILES string of the molecule is Cc1cnc(C(=O)CC2CCCCC2)cn1. The Kier molecular flexibility index (Phi) is 3.65. The highest BCUT2D eigenvalue weighted by atomic mass is 16.1. The second-order valence-electron chi connectivity index (χ2n) is 4.67. The Bertz CT molecular complexity index is 353. The topological polar surface area (TPSA) is 42.9 Å². The zero-order chi connectivity index (χ0) is 11.4. The molecule has 16 heavy (non-hydrogen) atoms. The zero-order valence-corrected chi connectivity index (χ0v) is 9.78. The fraction of sp³-hybridized carbons (Fsp3) is 0.615. The van der Waals surface area contributed by atoms with Crippen molar-refractivity contribution in [2.45, 2.75) is 45.4 Å². The summed E-state index contributed by atoms with van der Waals surface area (Å²) in [4.78, 5) is 20.2. The van der Waals surface area contributed by atoms with Crippen molar-refractivity contribution in [3.8, 4) is 0 Å². The lowest BCUT2D eigenvalue weighted by molar-refractivity contribution is 0.0945. The summed E-state index contributed by atoms with van der Waals surface area (Å²) in [6.45, 7) is 1.88. The highest BCUT2D eigenvalue weighted by Gasteiger charge is 2.18. The van der Waals surface area contributed by atoms with E-state index >= 15 is 0 Å². The van der Waals surface area contributed by atoms with Gasteiger partial charge in [0.15, 0.2) is 5.78 Å². The van der Waals surface area contributed by atoms with Gasteiger partial charge in [-0.25, -0.2) is 4.98 Å². The molecule has 0 atom stereocenters. The molecule has 2 rings (SSSR count). The van der Waals surface area contributed by atoms with Gasteiger partial charge in [0.25, 0.3) is 0 Å². The van der Waals surface area contributed by atoms with Gasteiger partial charge in [-0.15, -0.1) is 0 Å². The molecule has 0 spiro atoms. The maximum Gasteiger partial charge on any atom is 0.183 e. The van der Waals surface area contributed by atoms with E-state index in [0.717, 1.165) is 5.69 Å². The Morgan fingerprint density at radius 1 is 1.25 bits per heavy atom. The Balaban J connectivity index is 1.94. The molecule has 0 saturated heterocycles. The molecule has 3 nitrogen and oxygen atoms in total. The molecule has 0 amide bonds. The van der Waals surface area contributed by atoms with Crippen LogP contribution in [0.4, 0.5) is 0 Å². The normalized spacial score (nSPS) is 17.3. The predicted molar refractivity (Wildman–Crippen MR) is 62.3 cm³/mol. The van der Waals surface area contributed by atoms with Crippen molar-refractivity contribution >= 4 is 5.78 Å². The Hall–Kier alpha value is -1.25. The molecule has 1 aliphatic rings. The smallest absolute Gasteiger partial charge is 0.183 e. The van der Waals surface area contributed by atoms with Crippen LogP contribution in [0.3, 0.4) is 0 Å². The van der Waals surface area contributed by atoms with Gasteiger partial charge in [0, 0.05) is 12.6 Å². The van der Waals surface area contributed by atoms with Crippen molar-refractivity contribution in [2.24, 2.45) is 5.92 Å². The van der Waals surface area contributed by atoms with E-state index in [1.54, 1.807) is 12.4 Å². The molecule has 86 valence electrons. The second kappa shape index (κ2) is 5.19. The van der Waals surface area contributed by atoms with E-state index in [4.69, 9.17) is 0 Å². The molecule has 1 aromatic rings. The highest BCUT2D eigenvalue weighted by molar-refractivity contribution is 5.94. The molecular formula is C13H18N2O. The van der Waals surface area contributed by atoms with Crippen LogP contribution in [0.1, 0.15) is 54.7 Å². The van der Waals surface area contributed by atoms with Gasteiger partial charge in [-0.1, -0.05) is 32.1 Å². The Morgan fingerprint density at radius 2 is 2.00 bits per heavy atom. The highest BCUT2D eigenvalue weighted by Crippen LogP contribution is 2.27. The molecule has 0 aromatic carbocycles. The number of carbonyl (C=O) groups is 1. The Labute approximate surface area is 96.3 Å². The first kappa shape index (κ1) is 11.2. The number of rotatable bonds is 3. The molecule has 0 aliphatic heterocycles. The molecule has 1 aliphatic carbocycles. The van der Waals surface area contributed by atoms with E-state index in [9.17, 15) is 4.79 Å². The molecule has 1 fully saturated rings. The lowest BCUT2D eigenvalue weighted by Crippen LogP contribution is -2.13. The molecule has 1 saturated carbocycles. The number of Topliss-reactive ketones (excluding diaryl/α,β-unsaturated/α-hetero) is 1. The average molecular weight is 218 g/mol. The van der Waals surface area contributed by atoms with E-state index in [2.05, 4.69) is 9.97 Å². The van der Waals surface area contributed by atoms with E-state index in [-0.39, 0.29) is 5.78 Å². The van der Waals surface area contributed by atoms with Crippen molar-refractivity contribution in [2.75, 3.05) is 0 Å². The zero-order valence-electron chi connectivity index (χ0n) is 9.78. The minimum atomic E-state index is 0.152. The fourth-order valence-corrected chi connectivity index (χ4v) is 2.29. The van der Waals surface area contributed by atoms with E-state index < -0.39 is 0 Å². The maximum atomic E-state index is 11.9. The minimum absolute atomic E-state index is 0.152. The van der Waals surface area contributed by atoms with Crippen LogP contribution in [-0.2, 0) is 0 Å². The van der Waals surface area contributed by atoms with Crippen LogP contribution in [0, 0.1) is 12.8 Å². The molecule has 1 heterocycles. The van der Waals surface area contributed by atoms with Crippen LogP contribution in [0.5, 0.6) is 0 Å². The minimum Gasteiger partial charge on any atom is -0.292 e. The third-order valence-electron chi connectivity index (χ3n) is 3.27. The summed E-state index contributed by atoms with van der Waals surface area (Å²) in [5, 5.41) is 0. The van der Waals surface area contributed by atoms with Crippen molar-refractivity contribution in [1.82, 2.24) is 9.97 Å².